The first-order valence-electron chi connectivity index (χ1n) is 5.30. The molecule has 2 nitrogen and oxygen atoms in total. The lowest BCUT2D eigenvalue weighted by Gasteiger charge is -2.25. The van der Waals surface area contributed by atoms with E-state index >= 15 is 0 Å². The van der Waals surface area contributed by atoms with E-state index in [-0.39, 0.29) is 5.91 Å². The Balaban J connectivity index is 2.38. The summed E-state index contributed by atoms with van der Waals surface area (Å²) in [7, 11) is 0. The summed E-state index contributed by atoms with van der Waals surface area (Å²) in [6, 6.07) is 6.06. The van der Waals surface area contributed by atoms with E-state index in [1.165, 1.54) is 5.56 Å². The normalized spacial score (nSPS) is 19.6. The van der Waals surface area contributed by atoms with Crippen LogP contribution in [0.25, 0.3) is 0 Å². The van der Waals surface area contributed by atoms with E-state index in [1.807, 2.05) is 12.1 Å². The zero-order valence-electron chi connectivity index (χ0n) is 8.72. The molecule has 1 N–H and O–H groups in total. The molecule has 1 heterocycles. The van der Waals surface area contributed by atoms with Gasteiger partial charge in [0.1, 0.15) is 0 Å². The summed E-state index contributed by atoms with van der Waals surface area (Å²) in [6.07, 6.45) is 2.82. The average Bonchev–Trinajstić information content (AvgIpc) is 2.19. The second-order valence-corrected chi connectivity index (χ2v) is 4.89. The highest BCUT2D eigenvalue weighted by Gasteiger charge is 2.24. The van der Waals surface area contributed by atoms with Crippen LogP contribution >= 0.6 is 15.9 Å². The van der Waals surface area contributed by atoms with Crippen LogP contribution in [0.3, 0.4) is 0 Å². The van der Waals surface area contributed by atoms with Crippen molar-refractivity contribution >= 4 is 27.5 Å². The summed E-state index contributed by atoms with van der Waals surface area (Å²) in [4.78, 5) is 11.5. The van der Waals surface area contributed by atoms with Crippen LogP contribution in [0.15, 0.2) is 22.7 Å². The highest BCUT2D eigenvalue weighted by Crippen LogP contribution is 2.36. The molecule has 0 aliphatic carbocycles. The first kappa shape index (κ1) is 10.7. The predicted molar refractivity (Wildman–Crippen MR) is 65.0 cm³/mol. The lowest BCUT2D eigenvalue weighted by atomic mass is 9.87. The largest absolute Gasteiger partial charge is 0.326 e. The number of hydrogen-bond acceptors (Lipinski definition) is 1. The predicted octanol–water partition coefficient (Wildman–Crippen LogP) is 3.68. The maximum absolute atomic E-state index is 11.5. The Labute approximate surface area is 98.2 Å². The minimum atomic E-state index is 0.142. The number of anilines is 1. The monoisotopic (exact) mass is 267 g/mol. The Hall–Kier alpha value is -0.830. The molecule has 0 fully saturated rings. The molecule has 80 valence electrons. The van der Waals surface area contributed by atoms with E-state index in [9.17, 15) is 4.79 Å². The molecule has 1 amide bonds. The summed E-state index contributed by atoms with van der Waals surface area (Å²) in [6.45, 7) is 2.16. The number of nitrogens with one attached hydrogen (secondary N) is 1. The van der Waals surface area contributed by atoms with Gasteiger partial charge in [-0.15, -0.1) is 0 Å². The van der Waals surface area contributed by atoms with Gasteiger partial charge in [-0.1, -0.05) is 29.3 Å². The molecule has 1 aromatic carbocycles. The molecule has 2 rings (SSSR count). The molecule has 15 heavy (non-hydrogen) atoms. The van der Waals surface area contributed by atoms with Gasteiger partial charge in [0.15, 0.2) is 0 Å². The Kier molecular flexibility index (Phi) is 3.10. The summed E-state index contributed by atoms with van der Waals surface area (Å²) < 4.78 is 1.08. The summed E-state index contributed by atoms with van der Waals surface area (Å²) in [5, 5.41) is 2.92. The molecule has 0 aromatic heterocycles. The maximum atomic E-state index is 11.5. The van der Waals surface area contributed by atoms with Gasteiger partial charge < -0.3 is 5.32 Å². The van der Waals surface area contributed by atoms with E-state index in [0.29, 0.717) is 12.3 Å². The van der Waals surface area contributed by atoms with E-state index in [0.717, 1.165) is 23.0 Å². The van der Waals surface area contributed by atoms with Crippen molar-refractivity contribution in [2.24, 2.45) is 0 Å². The zero-order valence-corrected chi connectivity index (χ0v) is 10.3. The van der Waals surface area contributed by atoms with E-state index in [1.54, 1.807) is 0 Å². The summed E-state index contributed by atoms with van der Waals surface area (Å²) in [5.74, 6) is 0.527. The smallest absolute Gasteiger partial charge is 0.224 e. The number of hydrogen-bond donors (Lipinski definition) is 1. The molecule has 3 heteroatoms. The summed E-state index contributed by atoms with van der Waals surface area (Å²) in [5.41, 5.74) is 2.25. The maximum Gasteiger partial charge on any atom is 0.224 e. The number of benzene rings is 1. The van der Waals surface area contributed by atoms with Gasteiger partial charge in [-0.3, -0.25) is 4.79 Å². The van der Waals surface area contributed by atoms with Gasteiger partial charge in [-0.25, -0.2) is 0 Å². The lowest BCUT2D eigenvalue weighted by molar-refractivity contribution is -0.116. The van der Waals surface area contributed by atoms with Crippen molar-refractivity contribution in [2.75, 3.05) is 5.32 Å². The molecule has 0 saturated carbocycles. The van der Waals surface area contributed by atoms with Crippen LogP contribution < -0.4 is 5.32 Å². The number of halogens is 1. The fraction of sp³-hybridized carbons (Fsp3) is 0.417. The van der Waals surface area contributed by atoms with Gasteiger partial charge in [-0.2, -0.15) is 0 Å². The van der Waals surface area contributed by atoms with Crippen LogP contribution in [0.5, 0.6) is 0 Å². The van der Waals surface area contributed by atoms with Crippen LogP contribution in [-0.4, -0.2) is 5.91 Å². The third-order valence-electron chi connectivity index (χ3n) is 2.80. The third-order valence-corrected chi connectivity index (χ3v) is 3.29. The van der Waals surface area contributed by atoms with Gasteiger partial charge in [-0.05, 0) is 36.1 Å². The number of carbonyl (C=O) groups is 1. The molecule has 1 unspecified atom stereocenters. The summed E-state index contributed by atoms with van der Waals surface area (Å²) >= 11 is 3.47. The second-order valence-electron chi connectivity index (χ2n) is 3.97. The number of carbonyl (C=O) groups excluding carboxylic acids is 1. The minimum Gasteiger partial charge on any atom is -0.326 e. The number of amides is 1. The zero-order chi connectivity index (χ0) is 10.8. The Bertz CT molecular complexity index is 389. The third kappa shape index (κ3) is 2.23. The Morgan fingerprint density at radius 1 is 1.53 bits per heavy atom. The first-order valence-corrected chi connectivity index (χ1v) is 6.09. The lowest BCUT2D eigenvalue weighted by Crippen LogP contribution is -2.22. The van der Waals surface area contributed by atoms with Gasteiger partial charge in [0.2, 0.25) is 5.91 Å². The van der Waals surface area contributed by atoms with Crippen molar-refractivity contribution in [3.63, 3.8) is 0 Å². The highest BCUT2D eigenvalue weighted by molar-refractivity contribution is 9.10. The van der Waals surface area contributed by atoms with Crippen molar-refractivity contribution in [3.05, 3.63) is 28.2 Å². The van der Waals surface area contributed by atoms with Crippen LogP contribution in [0.4, 0.5) is 5.69 Å². The van der Waals surface area contributed by atoms with Crippen molar-refractivity contribution in [3.8, 4) is 0 Å². The van der Waals surface area contributed by atoms with E-state index in [2.05, 4.69) is 34.2 Å². The van der Waals surface area contributed by atoms with Crippen molar-refractivity contribution in [1.82, 2.24) is 0 Å². The van der Waals surface area contributed by atoms with Gasteiger partial charge in [0.25, 0.3) is 0 Å². The quantitative estimate of drug-likeness (QED) is 0.871. The standard InChI is InChI=1S/C12H14BrNO/c1-2-3-8-6-12(15)14-11-5-4-9(13)7-10(8)11/h4-5,7-8H,2-3,6H2,1H3,(H,14,15). The van der Waals surface area contributed by atoms with E-state index < -0.39 is 0 Å². The molecule has 1 aliphatic rings. The second kappa shape index (κ2) is 4.35. The van der Waals surface area contributed by atoms with Crippen LogP contribution in [-0.2, 0) is 4.79 Å². The van der Waals surface area contributed by atoms with Crippen molar-refractivity contribution in [2.45, 2.75) is 32.1 Å². The van der Waals surface area contributed by atoms with Gasteiger partial charge in [0, 0.05) is 16.6 Å². The number of rotatable bonds is 2. The van der Waals surface area contributed by atoms with Crippen molar-refractivity contribution in [1.29, 1.82) is 0 Å². The van der Waals surface area contributed by atoms with E-state index in [4.69, 9.17) is 0 Å². The highest BCUT2D eigenvalue weighted by atomic mass is 79.9. The Morgan fingerprint density at radius 2 is 2.33 bits per heavy atom. The van der Waals surface area contributed by atoms with Crippen LogP contribution in [0, 0.1) is 0 Å². The van der Waals surface area contributed by atoms with Gasteiger partial charge in [0.05, 0.1) is 0 Å². The number of fused-ring (bicyclic) bond motifs is 1. The minimum absolute atomic E-state index is 0.142. The molecule has 1 atom stereocenters. The molecule has 0 radical (unpaired) electrons. The topological polar surface area (TPSA) is 29.1 Å². The van der Waals surface area contributed by atoms with Crippen LogP contribution in [0.2, 0.25) is 0 Å². The van der Waals surface area contributed by atoms with Crippen LogP contribution in [0.1, 0.15) is 37.7 Å². The average molecular weight is 268 g/mol. The molecular weight excluding hydrogens is 254 g/mol. The molecule has 0 saturated heterocycles. The molecule has 0 spiro atoms. The fourth-order valence-electron chi connectivity index (χ4n) is 2.13. The molecule has 1 aliphatic heterocycles. The fourth-order valence-corrected chi connectivity index (χ4v) is 2.50. The van der Waals surface area contributed by atoms with Crippen molar-refractivity contribution < 1.29 is 4.79 Å². The molecular formula is C12H14BrNO. The van der Waals surface area contributed by atoms with Gasteiger partial charge >= 0.3 is 0 Å². The molecule has 0 bridgehead atoms. The SMILES string of the molecule is CCCC1CC(=O)Nc2ccc(Br)cc21. The Morgan fingerprint density at radius 3 is 3.07 bits per heavy atom. The first-order chi connectivity index (χ1) is 7.20. The molecule has 1 aromatic rings.